The highest BCUT2D eigenvalue weighted by Crippen LogP contribution is 2.34. The Balaban J connectivity index is 2.20. The van der Waals surface area contributed by atoms with E-state index in [1.165, 1.54) is 0 Å². The summed E-state index contributed by atoms with van der Waals surface area (Å²) in [4.78, 5) is 17.7. The van der Waals surface area contributed by atoms with E-state index in [4.69, 9.17) is 16.7 Å². The molecule has 1 aromatic rings. The summed E-state index contributed by atoms with van der Waals surface area (Å²) >= 11 is 6.13. The smallest absolute Gasteiger partial charge is 0.327 e. The van der Waals surface area contributed by atoms with Gasteiger partial charge in [0.2, 0.25) is 0 Å². The lowest BCUT2D eigenvalue weighted by Gasteiger charge is -2.27. The van der Waals surface area contributed by atoms with Crippen molar-refractivity contribution in [1.82, 2.24) is 4.90 Å². The molecule has 2 aliphatic rings. The Morgan fingerprint density at radius 3 is 3.12 bits per heavy atom. The van der Waals surface area contributed by atoms with Crippen LogP contribution in [0.25, 0.3) is 0 Å². The average Bonchev–Trinajstić information content (AvgIpc) is 2.81. The molecule has 3 rings (SSSR count). The van der Waals surface area contributed by atoms with Gasteiger partial charge in [-0.15, -0.1) is 0 Å². The first kappa shape index (κ1) is 10.6. The summed E-state index contributed by atoms with van der Waals surface area (Å²) in [5, 5.41) is 12.3. The van der Waals surface area contributed by atoms with Gasteiger partial charge in [0.05, 0.1) is 23.9 Å². The number of amidine groups is 1. The van der Waals surface area contributed by atoms with Gasteiger partial charge in [0, 0.05) is 12.1 Å². The Labute approximate surface area is 103 Å². The topological polar surface area (TPSA) is 64.9 Å². The van der Waals surface area contributed by atoms with Gasteiger partial charge < -0.3 is 10.4 Å². The average molecular weight is 252 g/mol. The predicted octanol–water partition coefficient (Wildman–Crippen LogP) is 1.44. The van der Waals surface area contributed by atoms with E-state index < -0.39 is 0 Å². The van der Waals surface area contributed by atoms with E-state index in [1.54, 1.807) is 11.0 Å². The molecule has 0 saturated heterocycles. The number of urea groups is 1. The van der Waals surface area contributed by atoms with Gasteiger partial charge in [0.15, 0.2) is 0 Å². The van der Waals surface area contributed by atoms with Crippen LogP contribution >= 0.6 is 11.6 Å². The second-order valence-electron chi connectivity index (χ2n) is 3.91. The molecule has 0 unspecified atom stereocenters. The van der Waals surface area contributed by atoms with Crippen LogP contribution in [0.5, 0.6) is 0 Å². The van der Waals surface area contributed by atoms with E-state index in [2.05, 4.69) is 10.3 Å². The molecule has 0 aliphatic carbocycles. The Kier molecular flexibility index (Phi) is 2.31. The first-order valence-electron chi connectivity index (χ1n) is 5.28. The SMILES string of the molecule is O=C1Nc2c(ccc(CO)c2Cl)C2=NCCN12. The number of rotatable bonds is 1. The van der Waals surface area contributed by atoms with Crippen molar-refractivity contribution in [3.63, 3.8) is 0 Å². The molecular formula is C11H10ClN3O2. The fourth-order valence-corrected chi connectivity index (χ4v) is 2.37. The molecule has 2 amide bonds. The number of nitrogens with one attached hydrogen (secondary N) is 1. The standard InChI is InChI=1S/C11H10ClN3O2/c12-8-6(5-16)1-2-7-9(8)14-11(17)15-4-3-13-10(7)15/h1-2,16H,3-5H2,(H,14,17). The minimum absolute atomic E-state index is 0.155. The molecule has 2 aliphatic heterocycles. The molecule has 2 N–H and O–H groups in total. The molecule has 17 heavy (non-hydrogen) atoms. The minimum Gasteiger partial charge on any atom is -0.392 e. The molecule has 0 aromatic heterocycles. The quantitative estimate of drug-likeness (QED) is 0.793. The maximum atomic E-state index is 11.8. The second kappa shape index (κ2) is 3.72. The molecule has 1 aromatic carbocycles. The van der Waals surface area contributed by atoms with Crippen LogP contribution in [0.15, 0.2) is 17.1 Å². The fraction of sp³-hybridized carbons (Fsp3) is 0.273. The molecule has 88 valence electrons. The number of aliphatic hydroxyl groups excluding tert-OH is 1. The fourth-order valence-electron chi connectivity index (χ4n) is 2.10. The van der Waals surface area contributed by atoms with Crippen LogP contribution in [0.4, 0.5) is 10.5 Å². The number of hydrogen-bond acceptors (Lipinski definition) is 3. The third kappa shape index (κ3) is 1.43. The van der Waals surface area contributed by atoms with Gasteiger partial charge in [-0.2, -0.15) is 0 Å². The second-order valence-corrected chi connectivity index (χ2v) is 4.28. The maximum absolute atomic E-state index is 11.8. The van der Waals surface area contributed by atoms with Gasteiger partial charge in [-0.25, -0.2) is 4.79 Å². The van der Waals surface area contributed by atoms with Crippen LogP contribution in [-0.4, -0.2) is 35.0 Å². The number of aliphatic imine (C=N–C) groups is 1. The third-order valence-electron chi connectivity index (χ3n) is 2.95. The van der Waals surface area contributed by atoms with Crippen molar-refractivity contribution in [3.8, 4) is 0 Å². The number of carbonyl (C=O) groups is 1. The van der Waals surface area contributed by atoms with Crippen LogP contribution in [0, 0.1) is 0 Å². The Hall–Kier alpha value is -1.59. The number of anilines is 1. The highest BCUT2D eigenvalue weighted by atomic mass is 35.5. The van der Waals surface area contributed by atoms with Crippen molar-refractivity contribution in [3.05, 3.63) is 28.3 Å². The summed E-state index contributed by atoms with van der Waals surface area (Å²) in [5.41, 5.74) is 1.95. The summed E-state index contributed by atoms with van der Waals surface area (Å²) in [7, 11) is 0. The minimum atomic E-state index is -0.217. The highest BCUT2D eigenvalue weighted by Gasteiger charge is 2.33. The van der Waals surface area contributed by atoms with Crippen LogP contribution in [0.1, 0.15) is 11.1 Å². The van der Waals surface area contributed by atoms with Crippen molar-refractivity contribution >= 4 is 29.2 Å². The largest absolute Gasteiger partial charge is 0.392 e. The zero-order chi connectivity index (χ0) is 12.0. The van der Waals surface area contributed by atoms with E-state index >= 15 is 0 Å². The molecule has 0 spiro atoms. The molecule has 0 fully saturated rings. The highest BCUT2D eigenvalue weighted by molar-refractivity contribution is 6.36. The van der Waals surface area contributed by atoms with E-state index in [9.17, 15) is 4.79 Å². The number of amides is 2. The zero-order valence-corrected chi connectivity index (χ0v) is 9.66. The van der Waals surface area contributed by atoms with Gasteiger partial charge in [0.25, 0.3) is 0 Å². The van der Waals surface area contributed by atoms with E-state index in [-0.39, 0.29) is 12.6 Å². The van der Waals surface area contributed by atoms with Crippen LogP contribution in [0.3, 0.4) is 0 Å². The predicted molar refractivity (Wildman–Crippen MR) is 64.5 cm³/mol. The molecule has 0 atom stereocenters. The number of hydrogen-bond donors (Lipinski definition) is 2. The van der Waals surface area contributed by atoms with Crippen LogP contribution in [0.2, 0.25) is 5.02 Å². The van der Waals surface area contributed by atoms with E-state index in [1.807, 2.05) is 6.07 Å². The normalized spacial score (nSPS) is 17.4. The molecule has 2 heterocycles. The Morgan fingerprint density at radius 2 is 2.35 bits per heavy atom. The van der Waals surface area contributed by atoms with Crippen molar-refractivity contribution < 1.29 is 9.90 Å². The molecule has 0 saturated carbocycles. The number of nitrogens with zero attached hydrogens (tertiary/aromatic N) is 2. The van der Waals surface area contributed by atoms with Crippen molar-refractivity contribution in [1.29, 1.82) is 0 Å². The van der Waals surface area contributed by atoms with Crippen molar-refractivity contribution in [2.24, 2.45) is 4.99 Å². The lowest BCUT2D eigenvalue weighted by Crippen LogP contribution is -2.42. The zero-order valence-electron chi connectivity index (χ0n) is 8.90. The maximum Gasteiger partial charge on any atom is 0.327 e. The van der Waals surface area contributed by atoms with Crippen molar-refractivity contribution in [2.45, 2.75) is 6.61 Å². The summed E-state index contributed by atoms with van der Waals surface area (Å²) in [5.74, 6) is 0.662. The molecular weight excluding hydrogens is 242 g/mol. The van der Waals surface area contributed by atoms with Gasteiger partial charge >= 0.3 is 6.03 Å². The van der Waals surface area contributed by atoms with Gasteiger partial charge in [-0.1, -0.05) is 17.7 Å². The molecule has 0 radical (unpaired) electrons. The lowest BCUT2D eigenvalue weighted by molar-refractivity contribution is 0.235. The summed E-state index contributed by atoms with van der Waals surface area (Å²) in [6, 6.07) is 3.35. The number of halogens is 1. The van der Waals surface area contributed by atoms with Gasteiger partial charge in [0.1, 0.15) is 5.84 Å². The first-order chi connectivity index (χ1) is 8.22. The summed E-state index contributed by atoms with van der Waals surface area (Å²) < 4.78 is 0. The van der Waals surface area contributed by atoms with Gasteiger partial charge in [-0.3, -0.25) is 9.89 Å². The first-order valence-corrected chi connectivity index (χ1v) is 5.65. The van der Waals surface area contributed by atoms with Crippen molar-refractivity contribution in [2.75, 3.05) is 18.4 Å². The number of fused-ring (bicyclic) bond motifs is 3. The number of aliphatic hydroxyl groups is 1. The van der Waals surface area contributed by atoms with Crippen LogP contribution in [-0.2, 0) is 6.61 Å². The number of carbonyl (C=O) groups excluding carboxylic acids is 1. The van der Waals surface area contributed by atoms with Crippen LogP contribution < -0.4 is 5.32 Å². The van der Waals surface area contributed by atoms with E-state index in [0.717, 1.165) is 5.56 Å². The lowest BCUT2D eigenvalue weighted by atomic mass is 10.1. The Bertz CT molecular complexity index is 542. The number of benzene rings is 1. The summed E-state index contributed by atoms with van der Waals surface area (Å²) in [6.07, 6.45) is 0. The molecule has 0 bridgehead atoms. The van der Waals surface area contributed by atoms with Gasteiger partial charge in [-0.05, 0) is 11.6 Å². The third-order valence-corrected chi connectivity index (χ3v) is 3.38. The molecule has 6 heteroatoms. The summed E-state index contributed by atoms with van der Waals surface area (Å²) in [6.45, 7) is 1.06. The monoisotopic (exact) mass is 251 g/mol. The Morgan fingerprint density at radius 1 is 1.53 bits per heavy atom. The molecule has 5 nitrogen and oxygen atoms in total. The van der Waals surface area contributed by atoms with E-state index in [0.29, 0.717) is 35.2 Å².